The Morgan fingerprint density at radius 2 is 1.69 bits per heavy atom. The van der Waals surface area contributed by atoms with Gasteiger partial charge in [-0.25, -0.2) is 0 Å². The molecule has 2 heterocycles. The predicted molar refractivity (Wildman–Crippen MR) is 128 cm³/mol. The summed E-state index contributed by atoms with van der Waals surface area (Å²) in [6, 6.07) is 18.9. The summed E-state index contributed by atoms with van der Waals surface area (Å²) in [6.45, 7) is -0.210. The lowest BCUT2D eigenvalue weighted by atomic mass is 10.1. The molecule has 0 aliphatic heterocycles. The Morgan fingerprint density at radius 1 is 0.938 bits per heavy atom. The van der Waals surface area contributed by atoms with Gasteiger partial charge in [0.25, 0.3) is 5.91 Å². The first-order chi connectivity index (χ1) is 15.4. The zero-order valence-electron chi connectivity index (χ0n) is 16.4. The van der Waals surface area contributed by atoms with E-state index in [2.05, 4.69) is 10.6 Å². The number of hydrogen-bond acceptors (Lipinski definition) is 5. The van der Waals surface area contributed by atoms with E-state index in [1.165, 1.54) is 0 Å². The third-order valence-electron chi connectivity index (χ3n) is 4.49. The summed E-state index contributed by atoms with van der Waals surface area (Å²) in [5.41, 5.74) is 2.01. The second-order valence-corrected chi connectivity index (χ2v) is 7.95. The van der Waals surface area contributed by atoms with E-state index in [4.69, 9.17) is 44.3 Å². The van der Waals surface area contributed by atoms with Gasteiger partial charge in [-0.15, -0.1) is 0 Å². The fourth-order valence-corrected chi connectivity index (χ4v) is 3.50. The van der Waals surface area contributed by atoms with Crippen LogP contribution in [0.25, 0.3) is 22.6 Å². The van der Waals surface area contributed by atoms with Gasteiger partial charge in [0, 0.05) is 21.8 Å². The Kier molecular flexibility index (Phi) is 6.62. The molecule has 0 saturated heterocycles. The molecule has 0 aliphatic carbocycles. The summed E-state index contributed by atoms with van der Waals surface area (Å²) in [4.78, 5) is 12.5. The highest BCUT2D eigenvalue weighted by atomic mass is 35.5. The fraction of sp³-hybridized carbons (Fsp3) is 0.0435. The Balaban J connectivity index is 1.43. The monoisotopic (exact) mass is 486 g/mol. The van der Waals surface area contributed by atoms with Gasteiger partial charge in [0.1, 0.15) is 23.9 Å². The lowest BCUT2D eigenvalue weighted by Crippen LogP contribution is -2.33. The van der Waals surface area contributed by atoms with E-state index in [1.807, 2.05) is 0 Å². The SMILES string of the molecule is O=C(NC(=S)Nc1ccc(Cl)c(-c2ccc(CO)o2)c1)c1ccc(-c2ccc(Cl)cc2)o1. The van der Waals surface area contributed by atoms with Crippen molar-refractivity contribution in [2.24, 2.45) is 0 Å². The van der Waals surface area contributed by atoms with Gasteiger partial charge in [-0.05, 0) is 78.9 Å². The second-order valence-electron chi connectivity index (χ2n) is 6.70. The van der Waals surface area contributed by atoms with Crippen LogP contribution < -0.4 is 10.6 Å². The summed E-state index contributed by atoms with van der Waals surface area (Å²) in [5.74, 6) is 1.09. The number of thiocarbonyl (C=S) groups is 1. The van der Waals surface area contributed by atoms with Crippen molar-refractivity contribution >= 4 is 52.1 Å². The first-order valence-electron chi connectivity index (χ1n) is 9.40. The molecule has 4 rings (SSSR count). The van der Waals surface area contributed by atoms with Crippen LogP contribution in [0.3, 0.4) is 0 Å². The van der Waals surface area contributed by atoms with Crippen molar-refractivity contribution < 1.29 is 18.7 Å². The van der Waals surface area contributed by atoms with E-state index in [0.717, 1.165) is 5.56 Å². The Bertz CT molecular complexity index is 1280. The largest absolute Gasteiger partial charge is 0.459 e. The lowest BCUT2D eigenvalue weighted by Gasteiger charge is -2.10. The number of aliphatic hydroxyl groups excluding tert-OH is 1. The van der Waals surface area contributed by atoms with E-state index in [-0.39, 0.29) is 17.5 Å². The number of hydrogen-bond donors (Lipinski definition) is 3. The number of halogens is 2. The van der Waals surface area contributed by atoms with Gasteiger partial charge >= 0.3 is 0 Å². The molecule has 4 aromatic rings. The molecule has 0 bridgehead atoms. The maximum Gasteiger partial charge on any atom is 0.293 e. The van der Waals surface area contributed by atoms with Crippen LogP contribution in [0.1, 0.15) is 16.3 Å². The molecular formula is C23H16Cl2N2O4S. The first-order valence-corrected chi connectivity index (χ1v) is 10.6. The first kappa shape index (κ1) is 22.1. The fourth-order valence-electron chi connectivity index (χ4n) is 2.96. The van der Waals surface area contributed by atoms with Crippen molar-refractivity contribution in [3.05, 3.63) is 88.3 Å². The van der Waals surface area contributed by atoms with E-state index in [0.29, 0.717) is 38.6 Å². The van der Waals surface area contributed by atoms with Crippen LogP contribution in [0.5, 0.6) is 0 Å². The number of rotatable bonds is 5. The van der Waals surface area contributed by atoms with Crippen LogP contribution in [0.4, 0.5) is 5.69 Å². The molecule has 32 heavy (non-hydrogen) atoms. The van der Waals surface area contributed by atoms with E-state index >= 15 is 0 Å². The normalized spacial score (nSPS) is 10.7. The van der Waals surface area contributed by atoms with Crippen molar-refractivity contribution in [3.8, 4) is 22.6 Å². The van der Waals surface area contributed by atoms with Gasteiger partial charge in [0.2, 0.25) is 0 Å². The van der Waals surface area contributed by atoms with Crippen LogP contribution in [0, 0.1) is 0 Å². The third kappa shape index (κ3) is 5.03. The number of furan rings is 2. The van der Waals surface area contributed by atoms with E-state index in [9.17, 15) is 9.90 Å². The minimum absolute atomic E-state index is 0.0863. The number of amides is 1. The maximum atomic E-state index is 12.5. The Morgan fingerprint density at radius 3 is 2.41 bits per heavy atom. The molecule has 0 atom stereocenters. The van der Waals surface area contributed by atoms with Crippen molar-refractivity contribution in [2.45, 2.75) is 6.61 Å². The van der Waals surface area contributed by atoms with E-state index in [1.54, 1.807) is 66.7 Å². The molecule has 0 aliphatic rings. The maximum absolute atomic E-state index is 12.5. The standard InChI is InChI=1S/C23H16Cl2N2O4S/c24-14-3-1-13(2-4-14)19-9-10-21(31-19)22(29)27-23(32)26-15-5-7-18(25)17(11-15)20-8-6-16(12-28)30-20/h1-11,28H,12H2,(H2,26,27,29,32). The molecule has 2 aromatic carbocycles. The van der Waals surface area contributed by atoms with Crippen molar-refractivity contribution in [3.63, 3.8) is 0 Å². The molecule has 9 heteroatoms. The number of benzene rings is 2. The van der Waals surface area contributed by atoms with Crippen LogP contribution in [0.15, 0.2) is 75.6 Å². The molecule has 2 aromatic heterocycles. The summed E-state index contributed by atoms with van der Waals surface area (Å²) in [6.07, 6.45) is 0. The molecule has 162 valence electrons. The van der Waals surface area contributed by atoms with Crippen LogP contribution in [-0.2, 0) is 6.61 Å². The molecule has 0 radical (unpaired) electrons. The number of carbonyl (C=O) groups excluding carboxylic acids is 1. The topological polar surface area (TPSA) is 87.6 Å². The van der Waals surface area contributed by atoms with Crippen LogP contribution in [-0.4, -0.2) is 16.1 Å². The molecule has 0 unspecified atom stereocenters. The van der Waals surface area contributed by atoms with Gasteiger partial charge in [-0.1, -0.05) is 23.2 Å². The molecule has 0 fully saturated rings. The van der Waals surface area contributed by atoms with Gasteiger partial charge in [0.05, 0.1) is 5.02 Å². The third-order valence-corrected chi connectivity index (χ3v) is 5.28. The highest BCUT2D eigenvalue weighted by Gasteiger charge is 2.15. The molecular weight excluding hydrogens is 471 g/mol. The summed E-state index contributed by atoms with van der Waals surface area (Å²) in [5, 5.41) is 15.9. The minimum atomic E-state index is -0.490. The minimum Gasteiger partial charge on any atom is -0.459 e. The van der Waals surface area contributed by atoms with Gasteiger partial charge < -0.3 is 19.3 Å². The quantitative estimate of drug-likeness (QED) is 0.294. The van der Waals surface area contributed by atoms with Gasteiger partial charge in [0.15, 0.2) is 10.9 Å². The average Bonchev–Trinajstić information content (AvgIpc) is 3.45. The van der Waals surface area contributed by atoms with Crippen molar-refractivity contribution in [2.75, 3.05) is 5.32 Å². The molecule has 0 saturated carbocycles. The molecule has 6 nitrogen and oxygen atoms in total. The molecule has 3 N–H and O–H groups in total. The smallest absolute Gasteiger partial charge is 0.293 e. The molecule has 0 spiro atoms. The van der Waals surface area contributed by atoms with Gasteiger partial charge in [-0.3, -0.25) is 10.1 Å². The summed E-state index contributed by atoms with van der Waals surface area (Å²) >= 11 is 17.4. The number of carbonyl (C=O) groups is 1. The average molecular weight is 487 g/mol. The number of aliphatic hydroxyl groups is 1. The van der Waals surface area contributed by atoms with Crippen LogP contribution >= 0.6 is 35.4 Å². The van der Waals surface area contributed by atoms with Crippen molar-refractivity contribution in [1.82, 2.24) is 5.32 Å². The number of anilines is 1. The van der Waals surface area contributed by atoms with Gasteiger partial charge in [-0.2, -0.15) is 0 Å². The lowest BCUT2D eigenvalue weighted by molar-refractivity contribution is 0.0951. The van der Waals surface area contributed by atoms with Crippen molar-refractivity contribution in [1.29, 1.82) is 0 Å². The Hall–Kier alpha value is -3.10. The second kappa shape index (κ2) is 9.58. The highest BCUT2D eigenvalue weighted by molar-refractivity contribution is 7.80. The Labute approximate surface area is 198 Å². The summed E-state index contributed by atoms with van der Waals surface area (Å²) in [7, 11) is 0. The molecule has 1 amide bonds. The predicted octanol–water partition coefficient (Wildman–Crippen LogP) is 6.13. The zero-order valence-corrected chi connectivity index (χ0v) is 18.7. The zero-order chi connectivity index (χ0) is 22.7. The highest BCUT2D eigenvalue weighted by Crippen LogP contribution is 2.32. The van der Waals surface area contributed by atoms with Crippen LogP contribution in [0.2, 0.25) is 10.0 Å². The number of nitrogens with one attached hydrogen (secondary N) is 2. The van der Waals surface area contributed by atoms with E-state index < -0.39 is 5.91 Å². The summed E-state index contributed by atoms with van der Waals surface area (Å²) < 4.78 is 11.2.